The van der Waals surface area contributed by atoms with Crippen molar-refractivity contribution >= 4 is 17.5 Å². The van der Waals surface area contributed by atoms with Gasteiger partial charge >= 0.3 is 0 Å². The fourth-order valence-corrected chi connectivity index (χ4v) is 3.10. The molecule has 5 heteroatoms. The van der Waals surface area contributed by atoms with E-state index in [0.29, 0.717) is 19.5 Å². The molecule has 0 N–H and O–H groups in total. The van der Waals surface area contributed by atoms with Gasteiger partial charge in [-0.2, -0.15) is 0 Å². The molecule has 0 spiro atoms. The zero-order valence-electron chi connectivity index (χ0n) is 14.5. The first kappa shape index (κ1) is 17.0. The van der Waals surface area contributed by atoms with E-state index in [-0.39, 0.29) is 11.8 Å². The number of amides is 2. The maximum atomic E-state index is 12.7. The zero-order chi connectivity index (χ0) is 17.8. The largest absolute Gasteiger partial charge is 0.497 e. The van der Waals surface area contributed by atoms with Gasteiger partial charge in [0, 0.05) is 18.8 Å². The molecule has 2 aromatic rings. The number of methoxy groups -OCH3 is 1. The SMILES string of the molecule is COc1ccc(N2CCN(C(=O)Cc3ccccc3)[C@H](C)C2=O)cc1. The number of benzene rings is 2. The summed E-state index contributed by atoms with van der Waals surface area (Å²) in [5.41, 5.74) is 1.79. The molecule has 1 fully saturated rings. The van der Waals surface area contributed by atoms with Crippen molar-refractivity contribution in [3.05, 3.63) is 60.2 Å². The molecule has 1 aliphatic rings. The standard InChI is InChI=1S/C20H22N2O3/c1-15-20(24)22(17-8-10-18(25-2)11-9-17)13-12-21(15)19(23)14-16-6-4-3-5-7-16/h3-11,15H,12-14H2,1-2H3/t15-/m1/s1. The number of ether oxygens (including phenoxy) is 1. The molecule has 1 heterocycles. The zero-order valence-corrected chi connectivity index (χ0v) is 14.5. The first-order valence-corrected chi connectivity index (χ1v) is 8.39. The van der Waals surface area contributed by atoms with Crippen molar-refractivity contribution in [2.45, 2.75) is 19.4 Å². The highest BCUT2D eigenvalue weighted by molar-refractivity contribution is 6.00. The van der Waals surface area contributed by atoms with Crippen molar-refractivity contribution in [2.24, 2.45) is 0 Å². The van der Waals surface area contributed by atoms with E-state index in [1.54, 1.807) is 23.8 Å². The summed E-state index contributed by atoms with van der Waals surface area (Å²) in [5.74, 6) is 0.681. The molecule has 0 aromatic heterocycles. The summed E-state index contributed by atoms with van der Waals surface area (Å²) in [6, 6.07) is 16.5. The third kappa shape index (κ3) is 3.65. The van der Waals surface area contributed by atoms with Crippen LogP contribution in [0.15, 0.2) is 54.6 Å². The van der Waals surface area contributed by atoms with Crippen molar-refractivity contribution in [2.75, 3.05) is 25.1 Å². The van der Waals surface area contributed by atoms with Crippen LogP contribution in [0.25, 0.3) is 0 Å². The van der Waals surface area contributed by atoms with E-state index in [9.17, 15) is 9.59 Å². The van der Waals surface area contributed by atoms with Gasteiger partial charge in [-0.05, 0) is 36.8 Å². The highest BCUT2D eigenvalue weighted by Gasteiger charge is 2.34. The molecular weight excluding hydrogens is 316 g/mol. The smallest absolute Gasteiger partial charge is 0.249 e. The normalized spacial score (nSPS) is 17.5. The predicted octanol–water partition coefficient (Wildman–Crippen LogP) is 2.50. The van der Waals surface area contributed by atoms with Crippen LogP contribution in [0.4, 0.5) is 5.69 Å². The summed E-state index contributed by atoms with van der Waals surface area (Å²) in [6.07, 6.45) is 0.320. The molecule has 5 nitrogen and oxygen atoms in total. The van der Waals surface area contributed by atoms with Crippen molar-refractivity contribution in [1.29, 1.82) is 0 Å². The van der Waals surface area contributed by atoms with E-state index in [2.05, 4.69) is 0 Å². The van der Waals surface area contributed by atoms with Crippen molar-refractivity contribution in [3.8, 4) is 5.75 Å². The molecule has 3 rings (SSSR count). The van der Waals surface area contributed by atoms with Crippen molar-refractivity contribution in [1.82, 2.24) is 4.90 Å². The summed E-state index contributed by atoms with van der Waals surface area (Å²) in [4.78, 5) is 28.7. The van der Waals surface area contributed by atoms with Gasteiger partial charge in [0.2, 0.25) is 11.8 Å². The summed E-state index contributed by atoms with van der Waals surface area (Å²) in [6.45, 7) is 2.82. The van der Waals surface area contributed by atoms with Gasteiger partial charge in [-0.25, -0.2) is 0 Å². The van der Waals surface area contributed by atoms with Crippen LogP contribution >= 0.6 is 0 Å². The topological polar surface area (TPSA) is 49.9 Å². The molecule has 1 atom stereocenters. The summed E-state index contributed by atoms with van der Waals surface area (Å²) in [5, 5.41) is 0. The second-order valence-corrected chi connectivity index (χ2v) is 6.11. The first-order chi connectivity index (χ1) is 12.1. The predicted molar refractivity (Wildman–Crippen MR) is 96.7 cm³/mol. The summed E-state index contributed by atoms with van der Waals surface area (Å²) >= 11 is 0. The van der Waals surface area contributed by atoms with Gasteiger partial charge in [-0.15, -0.1) is 0 Å². The first-order valence-electron chi connectivity index (χ1n) is 8.39. The Morgan fingerprint density at radius 3 is 2.40 bits per heavy atom. The lowest BCUT2D eigenvalue weighted by atomic mass is 10.1. The van der Waals surface area contributed by atoms with Crippen LogP contribution in [0.3, 0.4) is 0 Å². The lowest BCUT2D eigenvalue weighted by Crippen LogP contribution is -2.58. The molecular formula is C20H22N2O3. The van der Waals surface area contributed by atoms with Crippen molar-refractivity contribution < 1.29 is 14.3 Å². The molecule has 0 unspecified atom stereocenters. The second-order valence-electron chi connectivity index (χ2n) is 6.11. The minimum Gasteiger partial charge on any atom is -0.497 e. The van der Waals surface area contributed by atoms with Gasteiger partial charge in [0.15, 0.2) is 0 Å². The highest BCUT2D eigenvalue weighted by Crippen LogP contribution is 2.23. The fraction of sp³-hybridized carbons (Fsp3) is 0.300. The monoisotopic (exact) mass is 338 g/mol. The lowest BCUT2D eigenvalue weighted by Gasteiger charge is -2.39. The van der Waals surface area contributed by atoms with Crippen LogP contribution in [0.2, 0.25) is 0 Å². The maximum Gasteiger partial charge on any atom is 0.249 e. The lowest BCUT2D eigenvalue weighted by molar-refractivity contribution is -0.140. The van der Waals surface area contributed by atoms with Crippen LogP contribution in [-0.4, -0.2) is 43.0 Å². The number of rotatable bonds is 4. The molecule has 1 saturated heterocycles. The Hall–Kier alpha value is -2.82. The Labute approximate surface area is 147 Å². The number of carbonyl (C=O) groups is 2. The third-order valence-corrected chi connectivity index (χ3v) is 4.56. The van der Waals surface area contributed by atoms with Crippen LogP contribution in [-0.2, 0) is 16.0 Å². The number of carbonyl (C=O) groups excluding carboxylic acids is 2. The van der Waals surface area contributed by atoms with Crippen LogP contribution < -0.4 is 9.64 Å². The number of anilines is 1. The van der Waals surface area contributed by atoms with Crippen LogP contribution in [0.1, 0.15) is 12.5 Å². The third-order valence-electron chi connectivity index (χ3n) is 4.56. The Morgan fingerprint density at radius 1 is 1.08 bits per heavy atom. The van der Waals surface area contributed by atoms with Gasteiger partial charge in [0.1, 0.15) is 11.8 Å². The van der Waals surface area contributed by atoms with Crippen LogP contribution in [0, 0.1) is 0 Å². The number of nitrogens with zero attached hydrogens (tertiary/aromatic N) is 2. The van der Waals surface area contributed by atoms with Gasteiger partial charge < -0.3 is 14.5 Å². The van der Waals surface area contributed by atoms with Gasteiger partial charge in [-0.1, -0.05) is 30.3 Å². The average molecular weight is 338 g/mol. The molecule has 0 aliphatic carbocycles. The van der Waals surface area contributed by atoms with Gasteiger partial charge in [0.05, 0.1) is 13.5 Å². The van der Waals surface area contributed by atoms with Gasteiger partial charge in [-0.3, -0.25) is 9.59 Å². The maximum absolute atomic E-state index is 12.7. The molecule has 2 aromatic carbocycles. The van der Waals surface area contributed by atoms with E-state index in [0.717, 1.165) is 17.0 Å². The molecule has 0 bridgehead atoms. The Kier molecular flexibility index (Phi) is 5.03. The average Bonchev–Trinajstić information content (AvgIpc) is 2.65. The summed E-state index contributed by atoms with van der Waals surface area (Å²) in [7, 11) is 1.61. The highest BCUT2D eigenvalue weighted by atomic mass is 16.5. The minimum atomic E-state index is -0.466. The Morgan fingerprint density at radius 2 is 1.76 bits per heavy atom. The minimum absolute atomic E-state index is 0.0126. The second kappa shape index (κ2) is 7.38. The molecule has 130 valence electrons. The van der Waals surface area contributed by atoms with Gasteiger partial charge in [0.25, 0.3) is 0 Å². The van der Waals surface area contributed by atoms with E-state index in [1.807, 2.05) is 54.6 Å². The van der Waals surface area contributed by atoms with E-state index < -0.39 is 6.04 Å². The fourth-order valence-electron chi connectivity index (χ4n) is 3.10. The number of hydrogen-bond donors (Lipinski definition) is 0. The van der Waals surface area contributed by atoms with Crippen LogP contribution in [0.5, 0.6) is 5.75 Å². The molecule has 0 radical (unpaired) electrons. The Bertz CT molecular complexity index is 743. The Balaban J connectivity index is 1.69. The molecule has 0 saturated carbocycles. The number of piperazine rings is 1. The summed E-state index contributed by atoms with van der Waals surface area (Å²) < 4.78 is 5.15. The molecule has 2 amide bonds. The molecule has 25 heavy (non-hydrogen) atoms. The van der Waals surface area contributed by atoms with E-state index in [4.69, 9.17) is 4.74 Å². The quantitative estimate of drug-likeness (QED) is 0.861. The van der Waals surface area contributed by atoms with E-state index in [1.165, 1.54) is 0 Å². The molecule has 1 aliphatic heterocycles. The van der Waals surface area contributed by atoms with E-state index >= 15 is 0 Å². The number of hydrogen-bond acceptors (Lipinski definition) is 3. The van der Waals surface area contributed by atoms with Crippen molar-refractivity contribution in [3.63, 3.8) is 0 Å².